The second kappa shape index (κ2) is 3.72. The van der Waals surface area contributed by atoms with E-state index in [4.69, 9.17) is 0 Å². The molecule has 2 aliphatic rings. The molecule has 0 heterocycles. The van der Waals surface area contributed by atoms with E-state index >= 15 is 0 Å². The predicted molar refractivity (Wildman–Crippen MR) is 73.0 cm³/mol. The number of halogens is 1. The zero-order valence-electron chi connectivity index (χ0n) is 11.5. The van der Waals surface area contributed by atoms with Gasteiger partial charge < -0.3 is 5.32 Å². The summed E-state index contributed by atoms with van der Waals surface area (Å²) < 4.78 is 12.9. The second-order valence-corrected chi connectivity index (χ2v) is 7.00. The van der Waals surface area contributed by atoms with Crippen LogP contribution in [0, 0.1) is 22.6 Å². The molecule has 0 amide bonds. The van der Waals surface area contributed by atoms with Crippen LogP contribution < -0.4 is 5.32 Å². The lowest BCUT2D eigenvalue weighted by Gasteiger charge is -2.43. The number of hydrogen-bond acceptors (Lipinski definition) is 1. The van der Waals surface area contributed by atoms with Crippen LogP contribution in [0.1, 0.15) is 40.0 Å². The Bertz CT molecular complexity index is 446. The molecular formula is C16H22FN. The van der Waals surface area contributed by atoms with Crippen LogP contribution in [0.2, 0.25) is 0 Å². The summed E-state index contributed by atoms with van der Waals surface area (Å²) in [5.74, 6) is 0.666. The highest BCUT2D eigenvalue weighted by molar-refractivity contribution is 5.45. The van der Waals surface area contributed by atoms with E-state index in [-0.39, 0.29) is 5.82 Å². The van der Waals surface area contributed by atoms with E-state index in [0.29, 0.717) is 16.9 Å². The molecule has 2 fully saturated rings. The molecule has 18 heavy (non-hydrogen) atoms. The van der Waals surface area contributed by atoms with Crippen LogP contribution in [0.25, 0.3) is 0 Å². The minimum Gasteiger partial charge on any atom is -0.381 e. The van der Waals surface area contributed by atoms with Crippen LogP contribution in [0.3, 0.4) is 0 Å². The van der Waals surface area contributed by atoms with Crippen molar-refractivity contribution in [3.8, 4) is 0 Å². The van der Waals surface area contributed by atoms with Gasteiger partial charge in [0.25, 0.3) is 0 Å². The Balaban J connectivity index is 1.86. The molecule has 1 unspecified atom stereocenters. The van der Waals surface area contributed by atoms with E-state index in [1.807, 2.05) is 12.1 Å². The molecule has 3 rings (SSSR count). The van der Waals surface area contributed by atoms with Crippen LogP contribution in [0.5, 0.6) is 0 Å². The van der Waals surface area contributed by atoms with Crippen LogP contribution in [-0.4, -0.2) is 6.04 Å². The van der Waals surface area contributed by atoms with Gasteiger partial charge in [-0.1, -0.05) is 20.8 Å². The molecule has 98 valence electrons. The fourth-order valence-electron chi connectivity index (χ4n) is 4.38. The number of rotatable bonds is 2. The van der Waals surface area contributed by atoms with Gasteiger partial charge in [-0.15, -0.1) is 0 Å². The average Bonchev–Trinajstić information content (AvgIpc) is 2.78. The highest BCUT2D eigenvalue weighted by Gasteiger charge is 2.59. The van der Waals surface area contributed by atoms with E-state index < -0.39 is 0 Å². The fraction of sp³-hybridized carbons (Fsp3) is 0.625. The van der Waals surface area contributed by atoms with Gasteiger partial charge in [0.2, 0.25) is 0 Å². The number of anilines is 1. The minimum atomic E-state index is -0.168. The SMILES string of the molecule is CC1(C)C(Nc2ccc(F)cc2)[C@]2(C)CC[C@H]1C2. The maximum Gasteiger partial charge on any atom is 0.123 e. The van der Waals surface area contributed by atoms with Crippen molar-refractivity contribution in [3.05, 3.63) is 30.1 Å². The summed E-state index contributed by atoms with van der Waals surface area (Å²) in [5.41, 5.74) is 1.78. The van der Waals surface area contributed by atoms with Crippen molar-refractivity contribution in [1.29, 1.82) is 0 Å². The average molecular weight is 247 g/mol. The summed E-state index contributed by atoms with van der Waals surface area (Å²) in [6.45, 7) is 7.16. The molecule has 1 N–H and O–H groups in total. The van der Waals surface area contributed by atoms with Crippen LogP contribution in [0.15, 0.2) is 24.3 Å². The molecule has 2 saturated carbocycles. The van der Waals surface area contributed by atoms with Gasteiger partial charge in [-0.25, -0.2) is 4.39 Å². The Morgan fingerprint density at radius 3 is 2.39 bits per heavy atom. The van der Waals surface area contributed by atoms with E-state index in [9.17, 15) is 4.39 Å². The van der Waals surface area contributed by atoms with Crippen molar-refractivity contribution in [2.24, 2.45) is 16.7 Å². The van der Waals surface area contributed by atoms with E-state index in [2.05, 4.69) is 26.1 Å². The predicted octanol–water partition coefficient (Wildman–Crippen LogP) is 4.45. The smallest absolute Gasteiger partial charge is 0.123 e. The standard InChI is InChI=1S/C16H22FN/c1-15(2)11-8-9-16(3,10-11)14(15)18-13-6-4-12(17)5-7-13/h4-7,11,14,18H,8-10H2,1-3H3/t11-,14?,16+/m0/s1. The molecule has 0 spiro atoms. The Labute approximate surface area is 109 Å². The summed E-state index contributed by atoms with van der Waals surface area (Å²) in [6, 6.07) is 7.26. The topological polar surface area (TPSA) is 12.0 Å². The number of nitrogens with one attached hydrogen (secondary N) is 1. The Hall–Kier alpha value is -1.05. The van der Waals surface area contributed by atoms with Crippen molar-refractivity contribution in [2.45, 2.75) is 46.1 Å². The lowest BCUT2D eigenvalue weighted by molar-refractivity contribution is 0.155. The van der Waals surface area contributed by atoms with Gasteiger partial charge in [0.15, 0.2) is 0 Å². The highest BCUT2D eigenvalue weighted by atomic mass is 19.1. The summed E-state index contributed by atoms with van der Waals surface area (Å²) in [7, 11) is 0. The first-order valence-corrected chi connectivity index (χ1v) is 6.94. The Morgan fingerprint density at radius 2 is 1.83 bits per heavy atom. The number of fused-ring (bicyclic) bond motifs is 2. The molecule has 1 aromatic rings. The lowest BCUT2D eigenvalue weighted by Crippen LogP contribution is -2.45. The van der Waals surface area contributed by atoms with Gasteiger partial charge >= 0.3 is 0 Å². The second-order valence-electron chi connectivity index (χ2n) is 7.00. The summed E-state index contributed by atoms with van der Waals surface area (Å²) in [6.07, 6.45) is 4.02. The first-order chi connectivity index (χ1) is 8.42. The molecule has 2 heteroatoms. The highest BCUT2D eigenvalue weighted by Crippen LogP contribution is 2.63. The summed E-state index contributed by atoms with van der Waals surface area (Å²) >= 11 is 0. The molecule has 0 aromatic heterocycles. The fourth-order valence-corrected chi connectivity index (χ4v) is 4.38. The molecule has 2 aliphatic carbocycles. The molecule has 2 bridgehead atoms. The van der Waals surface area contributed by atoms with Gasteiger partial charge in [0.05, 0.1) is 0 Å². The monoisotopic (exact) mass is 247 g/mol. The van der Waals surface area contributed by atoms with Crippen molar-refractivity contribution < 1.29 is 4.39 Å². The number of hydrogen-bond donors (Lipinski definition) is 1. The molecule has 3 atom stereocenters. The minimum absolute atomic E-state index is 0.168. The van der Waals surface area contributed by atoms with Crippen LogP contribution >= 0.6 is 0 Å². The van der Waals surface area contributed by atoms with Crippen molar-refractivity contribution in [1.82, 2.24) is 0 Å². The molecule has 0 aliphatic heterocycles. The van der Waals surface area contributed by atoms with Crippen LogP contribution in [0.4, 0.5) is 10.1 Å². The molecular weight excluding hydrogens is 225 g/mol. The summed E-state index contributed by atoms with van der Waals surface area (Å²) in [4.78, 5) is 0. The molecule has 0 radical (unpaired) electrons. The first-order valence-electron chi connectivity index (χ1n) is 6.94. The maximum atomic E-state index is 12.9. The third-order valence-corrected chi connectivity index (χ3v) is 5.42. The quantitative estimate of drug-likeness (QED) is 0.814. The first kappa shape index (κ1) is 12.0. The zero-order chi connectivity index (χ0) is 13.0. The molecule has 1 aromatic carbocycles. The Morgan fingerprint density at radius 1 is 1.17 bits per heavy atom. The summed E-state index contributed by atoms with van der Waals surface area (Å²) in [5, 5.41) is 3.66. The normalized spacial score (nSPS) is 36.9. The van der Waals surface area contributed by atoms with E-state index in [0.717, 1.165) is 11.6 Å². The van der Waals surface area contributed by atoms with E-state index in [1.54, 1.807) is 0 Å². The van der Waals surface area contributed by atoms with Gasteiger partial charge in [-0.3, -0.25) is 0 Å². The molecule has 0 saturated heterocycles. The third kappa shape index (κ3) is 1.65. The Kier molecular flexibility index (Phi) is 2.48. The van der Waals surface area contributed by atoms with Crippen molar-refractivity contribution in [3.63, 3.8) is 0 Å². The van der Waals surface area contributed by atoms with Crippen molar-refractivity contribution in [2.75, 3.05) is 5.32 Å². The van der Waals surface area contributed by atoms with Gasteiger partial charge in [-0.05, 0) is 60.3 Å². The molecule has 1 nitrogen and oxygen atoms in total. The third-order valence-electron chi connectivity index (χ3n) is 5.42. The largest absolute Gasteiger partial charge is 0.381 e. The lowest BCUT2D eigenvalue weighted by atomic mass is 9.68. The van der Waals surface area contributed by atoms with Gasteiger partial charge in [0.1, 0.15) is 5.82 Å². The van der Waals surface area contributed by atoms with Crippen molar-refractivity contribution >= 4 is 5.69 Å². The number of benzene rings is 1. The zero-order valence-corrected chi connectivity index (χ0v) is 11.5. The van der Waals surface area contributed by atoms with E-state index in [1.165, 1.54) is 31.4 Å². The van der Waals surface area contributed by atoms with Gasteiger partial charge in [-0.2, -0.15) is 0 Å². The maximum absolute atomic E-state index is 12.9. The van der Waals surface area contributed by atoms with Gasteiger partial charge in [0, 0.05) is 11.7 Å². The van der Waals surface area contributed by atoms with Crippen LogP contribution in [-0.2, 0) is 0 Å².